The van der Waals surface area contributed by atoms with Crippen LogP contribution in [0.3, 0.4) is 0 Å². The van der Waals surface area contributed by atoms with Crippen molar-refractivity contribution in [3.8, 4) is 5.75 Å². The second kappa shape index (κ2) is 7.19. The van der Waals surface area contributed by atoms with Crippen LogP contribution in [0, 0.1) is 0 Å². The first-order valence-electron chi connectivity index (χ1n) is 8.72. The summed E-state index contributed by atoms with van der Waals surface area (Å²) in [5.41, 5.74) is 0.560. The Bertz CT molecular complexity index is 763. The standard InChI is InChI=1S/C19H22N2O5/c1-2-20-18(25)21-9-7-19(8-10-21)12-15(22)14-11-13(4-6-17(23)24)3-5-16(14)26-19/h3-6,11H,2,7-10,12H2,1H3,(H,20,25)(H,23,24). The van der Waals surface area contributed by atoms with Gasteiger partial charge in [0.2, 0.25) is 0 Å². The number of nitrogens with zero attached hydrogens (tertiary/aromatic N) is 1. The van der Waals surface area contributed by atoms with Crippen LogP contribution in [0.15, 0.2) is 24.3 Å². The molecule has 0 bridgehead atoms. The highest BCUT2D eigenvalue weighted by Crippen LogP contribution is 2.39. The smallest absolute Gasteiger partial charge is 0.328 e. The van der Waals surface area contributed by atoms with Gasteiger partial charge in [0, 0.05) is 38.6 Å². The zero-order valence-electron chi connectivity index (χ0n) is 14.7. The van der Waals surface area contributed by atoms with Gasteiger partial charge in [0.1, 0.15) is 11.4 Å². The topological polar surface area (TPSA) is 95.9 Å². The van der Waals surface area contributed by atoms with Gasteiger partial charge in [0.25, 0.3) is 0 Å². The van der Waals surface area contributed by atoms with Gasteiger partial charge in [0.05, 0.1) is 12.0 Å². The van der Waals surface area contributed by atoms with E-state index in [-0.39, 0.29) is 18.2 Å². The summed E-state index contributed by atoms with van der Waals surface area (Å²) >= 11 is 0. The third kappa shape index (κ3) is 3.71. The van der Waals surface area contributed by atoms with Crippen molar-refractivity contribution in [1.29, 1.82) is 0 Å². The molecular weight excluding hydrogens is 336 g/mol. The van der Waals surface area contributed by atoms with Gasteiger partial charge in [-0.05, 0) is 30.7 Å². The molecule has 7 heteroatoms. The van der Waals surface area contributed by atoms with Crippen LogP contribution in [0.1, 0.15) is 42.1 Å². The Morgan fingerprint density at radius 3 is 2.73 bits per heavy atom. The zero-order valence-corrected chi connectivity index (χ0v) is 14.7. The van der Waals surface area contributed by atoms with E-state index in [4.69, 9.17) is 9.84 Å². The molecule has 1 saturated heterocycles. The van der Waals surface area contributed by atoms with E-state index in [1.54, 1.807) is 23.1 Å². The Balaban J connectivity index is 1.73. The predicted molar refractivity (Wildman–Crippen MR) is 95.3 cm³/mol. The lowest BCUT2D eigenvalue weighted by Crippen LogP contribution is -2.54. The maximum absolute atomic E-state index is 12.7. The molecule has 2 amide bonds. The third-order valence-electron chi connectivity index (χ3n) is 4.82. The number of fused-ring (bicyclic) bond motifs is 1. The Labute approximate surface area is 151 Å². The molecule has 0 radical (unpaired) electrons. The second-order valence-electron chi connectivity index (χ2n) is 6.63. The van der Waals surface area contributed by atoms with Gasteiger partial charge in [0.15, 0.2) is 5.78 Å². The maximum Gasteiger partial charge on any atom is 0.328 e. The highest BCUT2D eigenvalue weighted by Gasteiger charge is 2.43. The predicted octanol–water partition coefficient (Wildman–Crippen LogP) is 2.31. The van der Waals surface area contributed by atoms with Gasteiger partial charge >= 0.3 is 12.0 Å². The molecule has 3 rings (SSSR count). The molecule has 2 aliphatic rings. The van der Waals surface area contributed by atoms with Crippen molar-refractivity contribution in [1.82, 2.24) is 10.2 Å². The minimum Gasteiger partial charge on any atom is -0.486 e. The highest BCUT2D eigenvalue weighted by molar-refractivity contribution is 6.01. The minimum absolute atomic E-state index is 0.0108. The number of ether oxygens (including phenoxy) is 1. The summed E-state index contributed by atoms with van der Waals surface area (Å²) < 4.78 is 6.18. The van der Waals surface area contributed by atoms with Gasteiger partial charge in [-0.25, -0.2) is 9.59 Å². The summed E-state index contributed by atoms with van der Waals surface area (Å²) in [6.45, 7) is 3.56. The molecule has 1 aromatic rings. The summed E-state index contributed by atoms with van der Waals surface area (Å²) in [6.07, 6.45) is 3.97. The van der Waals surface area contributed by atoms with Crippen molar-refractivity contribution in [3.63, 3.8) is 0 Å². The first kappa shape index (κ1) is 18.0. The molecule has 2 N–H and O–H groups in total. The molecule has 26 heavy (non-hydrogen) atoms. The van der Waals surface area contributed by atoms with Crippen molar-refractivity contribution in [2.45, 2.75) is 31.8 Å². The summed E-state index contributed by atoms with van der Waals surface area (Å²) in [4.78, 5) is 37.0. The van der Waals surface area contributed by atoms with E-state index in [9.17, 15) is 14.4 Å². The summed E-state index contributed by atoms with van der Waals surface area (Å²) in [6, 6.07) is 5.02. The monoisotopic (exact) mass is 358 g/mol. The number of carboxylic acid groups (broad SMARTS) is 1. The first-order valence-corrected chi connectivity index (χ1v) is 8.72. The maximum atomic E-state index is 12.7. The van der Waals surface area contributed by atoms with Crippen molar-refractivity contribution < 1.29 is 24.2 Å². The summed E-state index contributed by atoms with van der Waals surface area (Å²) in [7, 11) is 0. The van der Waals surface area contributed by atoms with Gasteiger partial charge in [-0.1, -0.05) is 6.07 Å². The Morgan fingerprint density at radius 1 is 1.35 bits per heavy atom. The molecule has 1 aromatic carbocycles. The normalized spacial score (nSPS) is 18.5. The number of hydrogen-bond donors (Lipinski definition) is 2. The Kier molecular flexibility index (Phi) is 4.97. The van der Waals surface area contributed by atoms with Crippen LogP contribution in [0.2, 0.25) is 0 Å². The lowest BCUT2D eigenvalue weighted by molar-refractivity contribution is -0.131. The SMILES string of the molecule is CCNC(=O)N1CCC2(CC1)CC(=O)c1cc(C=CC(=O)O)ccc1O2. The fraction of sp³-hybridized carbons (Fsp3) is 0.421. The van der Waals surface area contributed by atoms with E-state index >= 15 is 0 Å². The lowest BCUT2D eigenvalue weighted by Gasteiger charge is -2.43. The second-order valence-corrected chi connectivity index (χ2v) is 6.63. The number of Topliss-reactive ketones (excluding diaryl/α,β-unsaturated/α-hetero) is 1. The number of rotatable bonds is 3. The molecule has 0 saturated carbocycles. The van der Waals surface area contributed by atoms with Crippen LogP contribution in [-0.4, -0.2) is 53.0 Å². The number of benzene rings is 1. The van der Waals surface area contributed by atoms with Crippen molar-refractivity contribution >= 4 is 23.9 Å². The molecular formula is C19H22N2O5. The van der Waals surface area contributed by atoms with E-state index in [0.29, 0.717) is 49.4 Å². The molecule has 0 aliphatic carbocycles. The number of hydrogen-bond acceptors (Lipinski definition) is 4. The first-order chi connectivity index (χ1) is 12.4. The van der Waals surface area contributed by atoms with Crippen LogP contribution in [0.5, 0.6) is 5.75 Å². The molecule has 1 spiro atoms. The Hall–Kier alpha value is -2.83. The van der Waals surface area contributed by atoms with Gasteiger partial charge in [-0.2, -0.15) is 0 Å². The average molecular weight is 358 g/mol. The molecule has 0 unspecified atom stereocenters. The van der Waals surface area contributed by atoms with Gasteiger partial charge in [-0.15, -0.1) is 0 Å². The van der Waals surface area contributed by atoms with Crippen molar-refractivity contribution in [2.75, 3.05) is 19.6 Å². The van der Waals surface area contributed by atoms with Crippen molar-refractivity contribution in [2.24, 2.45) is 0 Å². The minimum atomic E-state index is -1.04. The van der Waals surface area contributed by atoms with E-state index in [1.807, 2.05) is 6.92 Å². The quantitative estimate of drug-likeness (QED) is 0.809. The number of likely N-dealkylation sites (tertiary alicyclic amines) is 1. The molecule has 0 atom stereocenters. The summed E-state index contributed by atoms with van der Waals surface area (Å²) in [5.74, 6) is -0.522. The van der Waals surface area contributed by atoms with Gasteiger partial charge in [-0.3, -0.25) is 4.79 Å². The number of carbonyl (C=O) groups excluding carboxylic acids is 2. The van der Waals surface area contributed by atoms with Crippen molar-refractivity contribution in [3.05, 3.63) is 35.4 Å². The number of carboxylic acids is 1. The van der Waals surface area contributed by atoms with Gasteiger partial charge < -0.3 is 20.1 Å². The molecule has 138 valence electrons. The van der Waals surface area contributed by atoms with Crippen LogP contribution >= 0.6 is 0 Å². The van der Waals surface area contributed by atoms with Crippen LogP contribution in [-0.2, 0) is 4.79 Å². The number of nitrogens with one attached hydrogen (secondary N) is 1. The number of ketones is 1. The molecule has 2 aliphatic heterocycles. The van der Waals surface area contributed by atoms with Crippen LogP contribution < -0.4 is 10.1 Å². The van der Waals surface area contributed by atoms with E-state index in [0.717, 1.165) is 6.08 Å². The molecule has 2 heterocycles. The molecule has 1 fully saturated rings. The fourth-order valence-corrected chi connectivity index (χ4v) is 3.44. The largest absolute Gasteiger partial charge is 0.486 e. The Morgan fingerprint density at radius 2 is 2.08 bits per heavy atom. The molecule has 0 aromatic heterocycles. The van der Waals surface area contributed by atoms with E-state index < -0.39 is 11.6 Å². The van der Waals surface area contributed by atoms with Crippen LogP contribution in [0.4, 0.5) is 4.79 Å². The number of urea groups is 1. The number of aliphatic carboxylic acids is 1. The zero-order chi connectivity index (χ0) is 18.7. The number of amides is 2. The van der Waals surface area contributed by atoms with E-state index in [2.05, 4.69) is 5.32 Å². The summed E-state index contributed by atoms with van der Waals surface area (Å²) in [5, 5.41) is 11.5. The third-order valence-corrected chi connectivity index (χ3v) is 4.82. The lowest BCUT2D eigenvalue weighted by atomic mass is 9.82. The number of piperidine rings is 1. The van der Waals surface area contributed by atoms with Crippen LogP contribution in [0.25, 0.3) is 6.08 Å². The highest BCUT2D eigenvalue weighted by atomic mass is 16.5. The fourth-order valence-electron chi connectivity index (χ4n) is 3.44. The number of carbonyl (C=O) groups is 3. The van der Waals surface area contributed by atoms with E-state index in [1.165, 1.54) is 6.08 Å². The average Bonchev–Trinajstić information content (AvgIpc) is 2.61. The molecule has 7 nitrogen and oxygen atoms in total.